The molecular weight excluding hydrogens is 241 g/mol. The maximum Gasteiger partial charge on any atom is 0.123 e. The van der Waals surface area contributed by atoms with Gasteiger partial charge in [-0.1, -0.05) is 30.3 Å². The third-order valence-electron chi connectivity index (χ3n) is 3.16. The average molecular weight is 259 g/mol. The molecule has 2 nitrogen and oxygen atoms in total. The predicted octanol–water partition coefficient (Wildman–Crippen LogP) is 3.69. The Labute approximate surface area is 113 Å². The highest BCUT2D eigenvalue weighted by atomic mass is 19.1. The number of ether oxygens (including phenoxy) is 1. The summed E-state index contributed by atoms with van der Waals surface area (Å²) in [5, 5.41) is 3.41. The maximum absolute atomic E-state index is 12.9. The van der Waals surface area contributed by atoms with Crippen molar-refractivity contribution in [3.05, 3.63) is 65.5 Å². The fraction of sp³-hybridized carbons (Fsp3) is 0.250. The summed E-state index contributed by atoms with van der Waals surface area (Å²) in [6.07, 6.45) is 0. The Morgan fingerprint density at radius 1 is 1.11 bits per heavy atom. The minimum Gasteiger partial charge on any atom is -0.496 e. The topological polar surface area (TPSA) is 21.3 Å². The van der Waals surface area contributed by atoms with Gasteiger partial charge in [-0.25, -0.2) is 4.39 Å². The molecular formula is C16H18FNO. The van der Waals surface area contributed by atoms with E-state index in [0.29, 0.717) is 6.54 Å². The molecule has 0 saturated heterocycles. The molecule has 1 atom stereocenters. The van der Waals surface area contributed by atoms with E-state index in [1.165, 1.54) is 12.1 Å². The molecule has 2 rings (SSSR count). The quantitative estimate of drug-likeness (QED) is 0.884. The van der Waals surface area contributed by atoms with Gasteiger partial charge < -0.3 is 10.1 Å². The third kappa shape index (κ3) is 3.55. The third-order valence-corrected chi connectivity index (χ3v) is 3.16. The molecule has 1 unspecified atom stereocenters. The average Bonchev–Trinajstić information content (AvgIpc) is 2.45. The first-order valence-electron chi connectivity index (χ1n) is 6.31. The van der Waals surface area contributed by atoms with Gasteiger partial charge in [0, 0.05) is 18.2 Å². The van der Waals surface area contributed by atoms with Crippen LogP contribution in [0.4, 0.5) is 4.39 Å². The van der Waals surface area contributed by atoms with Gasteiger partial charge in [0.15, 0.2) is 0 Å². The minimum atomic E-state index is -0.208. The summed E-state index contributed by atoms with van der Waals surface area (Å²) in [5.74, 6) is 0.669. The van der Waals surface area contributed by atoms with Gasteiger partial charge in [0.25, 0.3) is 0 Å². The second-order valence-corrected chi connectivity index (χ2v) is 4.47. The van der Waals surface area contributed by atoms with Crippen LogP contribution in [0.1, 0.15) is 24.1 Å². The highest BCUT2D eigenvalue weighted by molar-refractivity contribution is 5.33. The number of para-hydroxylation sites is 1. The van der Waals surface area contributed by atoms with Crippen LogP contribution in [0, 0.1) is 5.82 Å². The molecule has 1 N–H and O–H groups in total. The summed E-state index contributed by atoms with van der Waals surface area (Å²) in [5.41, 5.74) is 2.18. The maximum atomic E-state index is 12.9. The molecule has 0 fully saturated rings. The van der Waals surface area contributed by atoms with Gasteiger partial charge in [0.1, 0.15) is 11.6 Å². The second kappa shape index (κ2) is 6.34. The van der Waals surface area contributed by atoms with Crippen LogP contribution in [0.15, 0.2) is 48.5 Å². The molecule has 19 heavy (non-hydrogen) atoms. The molecule has 0 aromatic heterocycles. The Morgan fingerprint density at radius 2 is 1.79 bits per heavy atom. The fourth-order valence-corrected chi connectivity index (χ4v) is 1.98. The summed E-state index contributed by atoms with van der Waals surface area (Å²) in [6.45, 7) is 2.77. The summed E-state index contributed by atoms with van der Waals surface area (Å²) < 4.78 is 18.2. The normalized spacial score (nSPS) is 12.2. The van der Waals surface area contributed by atoms with Gasteiger partial charge in [0.05, 0.1) is 7.11 Å². The monoisotopic (exact) mass is 259 g/mol. The molecule has 2 aromatic rings. The van der Waals surface area contributed by atoms with E-state index in [1.807, 2.05) is 24.3 Å². The van der Waals surface area contributed by atoms with Crippen LogP contribution in [0.3, 0.4) is 0 Å². The van der Waals surface area contributed by atoms with Crippen LogP contribution in [0.5, 0.6) is 5.75 Å². The van der Waals surface area contributed by atoms with Gasteiger partial charge in [-0.05, 0) is 30.7 Å². The highest BCUT2D eigenvalue weighted by Crippen LogP contribution is 2.19. The SMILES string of the molecule is COc1ccccc1CNC(C)c1ccc(F)cc1. The first-order valence-corrected chi connectivity index (χ1v) is 6.31. The Bertz CT molecular complexity index is 525. The van der Waals surface area contributed by atoms with Crippen LogP contribution < -0.4 is 10.1 Å². The van der Waals surface area contributed by atoms with E-state index in [0.717, 1.165) is 16.9 Å². The van der Waals surface area contributed by atoms with Gasteiger partial charge in [-0.3, -0.25) is 0 Å². The summed E-state index contributed by atoms with van der Waals surface area (Å²) >= 11 is 0. The smallest absolute Gasteiger partial charge is 0.123 e. The lowest BCUT2D eigenvalue weighted by Gasteiger charge is -2.15. The van der Waals surface area contributed by atoms with Gasteiger partial charge in [-0.15, -0.1) is 0 Å². The number of benzene rings is 2. The number of rotatable bonds is 5. The van der Waals surface area contributed by atoms with E-state index in [9.17, 15) is 4.39 Å². The van der Waals surface area contributed by atoms with Crippen LogP contribution in [-0.2, 0) is 6.54 Å². The van der Waals surface area contributed by atoms with Crippen LogP contribution in [0.2, 0.25) is 0 Å². The number of nitrogens with one attached hydrogen (secondary N) is 1. The van der Waals surface area contributed by atoms with Crippen LogP contribution in [-0.4, -0.2) is 7.11 Å². The highest BCUT2D eigenvalue weighted by Gasteiger charge is 2.07. The van der Waals surface area contributed by atoms with E-state index >= 15 is 0 Å². The van der Waals surface area contributed by atoms with E-state index in [2.05, 4.69) is 12.2 Å². The molecule has 0 aliphatic rings. The van der Waals surface area contributed by atoms with Gasteiger partial charge in [0.2, 0.25) is 0 Å². The summed E-state index contributed by atoms with van der Waals surface area (Å²) in [4.78, 5) is 0. The molecule has 2 aromatic carbocycles. The van der Waals surface area contributed by atoms with E-state index in [-0.39, 0.29) is 11.9 Å². The summed E-state index contributed by atoms with van der Waals surface area (Å²) in [7, 11) is 1.67. The molecule has 100 valence electrons. The minimum absolute atomic E-state index is 0.158. The number of hydrogen-bond acceptors (Lipinski definition) is 2. The van der Waals surface area contributed by atoms with Crippen molar-refractivity contribution in [1.29, 1.82) is 0 Å². The lowest BCUT2D eigenvalue weighted by atomic mass is 10.1. The van der Waals surface area contributed by atoms with Crippen molar-refractivity contribution >= 4 is 0 Å². The lowest BCUT2D eigenvalue weighted by Crippen LogP contribution is -2.18. The van der Waals surface area contributed by atoms with Crippen molar-refractivity contribution in [2.75, 3.05) is 7.11 Å². The lowest BCUT2D eigenvalue weighted by molar-refractivity contribution is 0.406. The molecule has 0 amide bonds. The van der Waals surface area contributed by atoms with Crippen LogP contribution >= 0.6 is 0 Å². The van der Waals surface area contributed by atoms with Gasteiger partial charge in [-0.2, -0.15) is 0 Å². The first kappa shape index (κ1) is 13.6. The van der Waals surface area contributed by atoms with Crippen molar-refractivity contribution in [2.24, 2.45) is 0 Å². The van der Waals surface area contributed by atoms with Crippen molar-refractivity contribution < 1.29 is 9.13 Å². The van der Waals surface area contributed by atoms with Crippen molar-refractivity contribution in [1.82, 2.24) is 5.32 Å². The Balaban J connectivity index is 2.00. The van der Waals surface area contributed by atoms with Gasteiger partial charge >= 0.3 is 0 Å². The van der Waals surface area contributed by atoms with E-state index in [4.69, 9.17) is 4.74 Å². The molecule has 0 bridgehead atoms. The Morgan fingerprint density at radius 3 is 2.47 bits per heavy atom. The zero-order valence-electron chi connectivity index (χ0n) is 11.2. The molecule has 0 radical (unpaired) electrons. The number of methoxy groups -OCH3 is 1. The van der Waals surface area contributed by atoms with Crippen molar-refractivity contribution in [3.8, 4) is 5.75 Å². The fourth-order valence-electron chi connectivity index (χ4n) is 1.98. The Hall–Kier alpha value is -1.87. The predicted molar refractivity (Wildman–Crippen MR) is 74.6 cm³/mol. The summed E-state index contributed by atoms with van der Waals surface area (Å²) in [6, 6.07) is 14.6. The Kier molecular flexibility index (Phi) is 4.53. The number of hydrogen-bond donors (Lipinski definition) is 1. The zero-order valence-corrected chi connectivity index (χ0v) is 11.2. The molecule has 0 spiro atoms. The zero-order chi connectivity index (χ0) is 13.7. The molecule has 3 heteroatoms. The van der Waals surface area contributed by atoms with Crippen molar-refractivity contribution in [2.45, 2.75) is 19.5 Å². The molecule has 0 heterocycles. The molecule has 0 saturated carbocycles. The largest absolute Gasteiger partial charge is 0.496 e. The second-order valence-electron chi connectivity index (χ2n) is 4.47. The number of halogens is 1. The van der Waals surface area contributed by atoms with E-state index < -0.39 is 0 Å². The molecule has 0 aliphatic carbocycles. The standard InChI is InChI=1S/C16H18FNO/c1-12(13-7-9-15(17)10-8-13)18-11-14-5-3-4-6-16(14)19-2/h3-10,12,18H,11H2,1-2H3. The first-order chi connectivity index (χ1) is 9.20. The van der Waals surface area contributed by atoms with Crippen LogP contribution in [0.25, 0.3) is 0 Å². The molecule has 0 aliphatic heterocycles. The van der Waals surface area contributed by atoms with E-state index in [1.54, 1.807) is 19.2 Å². The van der Waals surface area contributed by atoms with Crippen molar-refractivity contribution in [3.63, 3.8) is 0 Å².